The van der Waals surface area contributed by atoms with Crippen molar-refractivity contribution in [3.63, 3.8) is 0 Å². The van der Waals surface area contributed by atoms with E-state index in [1.54, 1.807) is 12.1 Å². The average Bonchev–Trinajstić information content (AvgIpc) is 2.45. The third-order valence-electron chi connectivity index (χ3n) is 3.17. The molecule has 2 aromatic carbocycles. The van der Waals surface area contributed by atoms with Crippen molar-refractivity contribution in [2.75, 3.05) is 0 Å². The van der Waals surface area contributed by atoms with Crippen LogP contribution in [0.15, 0.2) is 53.4 Å². The number of hydrogen-bond donors (Lipinski definition) is 1. The van der Waals surface area contributed by atoms with Gasteiger partial charge < -0.3 is 4.74 Å². The smallest absolute Gasteiger partial charge is 0.238 e. The van der Waals surface area contributed by atoms with Gasteiger partial charge in [-0.3, -0.25) is 0 Å². The van der Waals surface area contributed by atoms with Crippen molar-refractivity contribution in [1.82, 2.24) is 0 Å². The fourth-order valence-electron chi connectivity index (χ4n) is 2.02. The molecule has 0 spiro atoms. The second-order valence-electron chi connectivity index (χ2n) is 5.17. The van der Waals surface area contributed by atoms with Gasteiger partial charge in [0, 0.05) is 0 Å². The van der Waals surface area contributed by atoms with Gasteiger partial charge in [0.1, 0.15) is 12.4 Å². The van der Waals surface area contributed by atoms with Gasteiger partial charge in [-0.05, 0) is 35.2 Å². The minimum Gasteiger partial charge on any atom is -0.489 e. The number of hydrogen-bond acceptors (Lipinski definition) is 3. The van der Waals surface area contributed by atoms with Gasteiger partial charge in [-0.25, -0.2) is 13.6 Å². The third kappa shape index (κ3) is 4.06. The Morgan fingerprint density at radius 3 is 2.33 bits per heavy atom. The highest BCUT2D eigenvalue weighted by Gasteiger charge is 2.14. The highest BCUT2D eigenvalue weighted by atomic mass is 32.2. The van der Waals surface area contributed by atoms with Crippen molar-refractivity contribution in [2.45, 2.75) is 31.3 Å². The van der Waals surface area contributed by atoms with E-state index in [0.29, 0.717) is 12.4 Å². The molecule has 0 unspecified atom stereocenters. The monoisotopic (exact) mass is 305 g/mol. The molecule has 0 atom stereocenters. The SMILES string of the molecule is CC(C)c1cc(S(N)(=O)=O)ccc1OCc1ccccc1. The second kappa shape index (κ2) is 6.28. The van der Waals surface area contributed by atoms with Crippen LogP contribution >= 0.6 is 0 Å². The van der Waals surface area contributed by atoms with E-state index in [1.165, 1.54) is 6.07 Å². The second-order valence-corrected chi connectivity index (χ2v) is 6.74. The van der Waals surface area contributed by atoms with Gasteiger partial charge in [0.2, 0.25) is 10.0 Å². The summed E-state index contributed by atoms with van der Waals surface area (Å²) in [4.78, 5) is 0.110. The lowest BCUT2D eigenvalue weighted by Gasteiger charge is -2.15. The van der Waals surface area contributed by atoms with E-state index in [1.807, 2.05) is 44.2 Å². The standard InChI is InChI=1S/C16H19NO3S/c1-12(2)15-10-14(21(17,18)19)8-9-16(15)20-11-13-6-4-3-5-7-13/h3-10,12H,11H2,1-2H3,(H2,17,18,19). The fraction of sp³-hybridized carbons (Fsp3) is 0.250. The molecule has 2 N–H and O–H groups in total. The number of primary sulfonamides is 1. The van der Waals surface area contributed by atoms with E-state index in [0.717, 1.165) is 11.1 Å². The van der Waals surface area contributed by atoms with E-state index < -0.39 is 10.0 Å². The van der Waals surface area contributed by atoms with E-state index in [-0.39, 0.29) is 10.8 Å². The number of rotatable bonds is 5. The Kier molecular flexibility index (Phi) is 4.65. The molecule has 112 valence electrons. The quantitative estimate of drug-likeness (QED) is 0.923. The zero-order valence-electron chi connectivity index (χ0n) is 12.1. The summed E-state index contributed by atoms with van der Waals surface area (Å²) in [5.74, 6) is 0.818. The molecule has 0 aliphatic rings. The summed E-state index contributed by atoms with van der Waals surface area (Å²) in [6.07, 6.45) is 0. The normalized spacial score (nSPS) is 11.6. The maximum atomic E-state index is 11.4. The van der Waals surface area contributed by atoms with Crippen molar-refractivity contribution < 1.29 is 13.2 Å². The molecule has 0 aliphatic carbocycles. The van der Waals surface area contributed by atoms with Gasteiger partial charge in [-0.15, -0.1) is 0 Å². The lowest BCUT2D eigenvalue weighted by atomic mass is 10.0. The van der Waals surface area contributed by atoms with Gasteiger partial charge >= 0.3 is 0 Å². The van der Waals surface area contributed by atoms with Crippen molar-refractivity contribution >= 4 is 10.0 Å². The minimum atomic E-state index is -3.70. The lowest BCUT2D eigenvalue weighted by molar-refractivity contribution is 0.301. The molecule has 0 fully saturated rings. The van der Waals surface area contributed by atoms with Crippen LogP contribution in [0.25, 0.3) is 0 Å². The Morgan fingerprint density at radius 2 is 1.76 bits per heavy atom. The van der Waals surface area contributed by atoms with E-state index in [2.05, 4.69) is 0 Å². The summed E-state index contributed by atoms with van der Waals surface area (Å²) < 4.78 is 28.7. The first-order valence-electron chi connectivity index (χ1n) is 6.71. The van der Waals surface area contributed by atoms with Gasteiger partial charge in [0.25, 0.3) is 0 Å². The van der Waals surface area contributed by atoms with Crippen molar-refractivity contribution in [2.24, 2.45) is 5.14 Å². The molecule has 0 aliphatic heterocycles. The molecule has 0 aromatic heterocycles. The predicted molar refractivity (Wildman–Crippen MR) is 82.7 cm³/mol. The van der Waals surface area contributed by atoms with E-state index >= 15 is 0 Å². The van der Waals surface area contributed by atoms with Crippen LogP contribution < -0.4 is 9.88 Å². The maximum absolute atomic E-state index is 11.4. The van der Waals surface area contributed by atoms with Gasteiger partial charge in [0.05, 0.1) is 4.90 Å². The fourth-order valence-corrected chi connectivity index (χ4v) is 2.57. The van der Waals surface area contributed by atoms with Crippen LogP contribution in [-0.2, 0) is 16.6 Å². The molecule has 0 saturated heterocycles. The largest absolute Gasteiger partial charge is 0.489 e. The van der Waals surface area contributed by atoms with Crippen LogP contribution in [0.3, 0.4) is 0 Å². The Balaban J connectivity index is 2.27. The van der Waals surface area contributed by atoms with E-state index in [4.69, 9.17) is 9.88 Å². The van der Waals surface area contributed by atoms with Crippen LogP contribution in [0, 0.1) is 0 Å². The number of nitrogens with two attached hydrogens (primary N) is 1. The maximum Gasteiger partial charge on any atom is 0.238 e. The summed E-state index contributed by atoms with van der Waals surface area (Å²) in [6.45, 7) is 4.41. The van der Waals surface area contributed by atoms with Crippen LogP contribution in [0.2, 0.25) is 0 Å². The summed E-state index contributed by atoms with van der Waals surface area (Å²) in [5.41, 5.74) is 1.89. The molecule has 0 radical (unpaired) electrons. The Labute approximate surface area is 125 Å². The highest BCUT2D eigenvalue weighted by Crippen LogP contribution is 2.29. The molecular formula is C16H19NO3S. The summed E-state index contributed by atoms with van der Waals surface area (Å²) >= 11 is 0. The predicted octanol–water partition coefficient (Wildman–Crippen LogP) is 3.04. The van der Waals surface area contributed by atoms with Crippen LogP contribution in [0.5, 0.6) is 5.75 Å². The molecular weight excluding hydrogens is 286 g/mol. The first-order valence-corrected chi connectivity index (χ1v) is 8.26. The topological polar surface area (TPSA) is 69.4 Å². The molecule has 5 heteroatoms. The summed E-state index contributed by atoms with van der Waals surface area (Å²) in [6, 6.07) is 14.5. The zero-order valence-corrected chi connectivity index (χ0v) is 12.9. The molecule has 0 saturated carbocycles. The van der Waals surface area contributed by atoms with E-state index in [9.17, 15) is 8.42 Å². The first-order chi connectivity index (χ1) is 9.88. The summed E-state index contributed by atoms with van der Waals surface area (Å²) in [7, 11) is -3.70. The van der Waals surface area contributed by atoms with Gasteiger partial charge in [-0.2, -0.15) is 0 Å². The molecule has 4 nitrogen and oxygen atoms in total. The number of sulfonamides is 1. The molecule has 21 heavy (non-hydrogen) atoms. The minimum absolute atomic E-state index is 0.110. The molecule has 0 amide bonds. The Morgan fingerprint density at radius 1 is 1.10 bits per heavy atom. The van der Waals surface area contributed by atoms with Crippen molar-refractivity contribution in [3.8, 4) is 5.75 Å². The Hall–Kier alpha value is -1.85. The summed E-state index contributed by atoms with van der Waals surface area (Å²) in [5, 5.41) is 5.17. The Bertz CT molecular complexity index is 710. The molecule has 2 aromatic rings. The van der Waals surface area contributed by atoms with Crippen molar-refractivity contribution in [1.29, 1.82) is 0 Å². The molecule has 0 heterocycles. The van der Waals surface area contributed by atoms with Crippen LogP contribution in [-0.4, -0.2) is 8.42 Å². The molecule has 2 rings (SSSR count). The van der Waals surface area contributed by atoms with Crippen LogP contribution in [0.1, 0.15) is 30.9 Å². The number of ether oxygens (including phenoxy) is 1. The molecule has 0 bridgehead atoms. The highest BCUT2D eigenvalue weighted by molar-refractivity contribution is 7.89. The first kappa shape index (κ1) is 15.5. The third-order valence-corrected chi connectivity index (χ3v) is 4.08. The van der Waals surface area contributed by atoms with Gasteiger partial charge in [-0.1, -0.05) is 44.2 Å². The zero-order chi connectivity index (χ0) is 15.5. The lowest BCUT2D eigenvalue weighted by Crippen LogP contribution is -2.13. The van der Waals surface area contributed by atoms with Crippen LogP contribution in [0.4, 0.5) is 0 Å². The number of benzene rings is 2. The van der Waals surface area contributed by atoms with Gasteiger partial charge in [0.15, 0.2) is 0 Å². The average molecular weight is 305 g/mol. The van der Waals surface area contributed by atoms with Crippen molar-refractivity contribution in [3.05, 3.63) is 59.7 Å².